The fourth-order valence-electron chi connectivity index (χ4n) is 9.99. The molecule has 0 radical (unpaired) electrons. The van der Waals surface area contributed by atoms with Gasteiger partial charge in [-0.3, -0.25) is 18.6 Å². The highest BCUT2D eigenvalue weighted by Crippen LogP contribution is 2.43. The van der Waals surface area contributed by atoms with E-state index in [0.717, 1.165) is 103 Å². The van der Waals surface area contributed by atoms with Gasteiger partial charge in [-0.05, 0) is 83.5 Å². The summed E-state index contributed by atoms with van der Waals surface area (Å²) in [4.78, 5) is 35.4. The highest BCUT2D eigenvalue weighted by Gasteiger charge is 2.26. The molecule has 0 fully saturated rings. The molecule has 0 saturated heterocycles. The van der Waals surface area contributed by atoms with Crippen molar-refractivity contribution in [1.82, 2.24) is 0 Å². The van der Waals surface area contributed by atoms with Gasteiger partial charge in [-0.2, -0.15) is 0 Å². The van der Waals surface area contributed by atoms with Crippen LogP contribution in [0.3, 0.4) is 0 Å². The molecule has 0 aromatic heterocycles. The van der Waals surface area contributed by atoms with Gasteiger partial charge >= 0.3 is 19.8 Å². The van der Waals surface area contributed by atoms with Crippen LogP contribution < -0.4 is 5.73 Å². The van der Waals surface area contributed by atoms with Crippen LogP contribution >= 0.6 is 7.82 Å². The average molecular weight is 1210 g/mol. The molecular formula is C75H132NO8P. The number of carbonyl (C=O) groups excluding carboxylic acids is 2. The maximum Gasteiger partial charge on any atom is 0.472 e. The number of hydrogen-bond acceptors (Lipinski definition) is 8. The van der Waals surface area contributed by atoms with Gasteiger partial charge in [-0.15, -0.1) is 0 Å². The summed E-state index contributed by atoms with van der Waals surface area (Å²) in [6.07, 6.45) is 96.1. The Morgan fingerprint density at radius 2 is 0.647 bits per heavy atom. The topological polar surface area (TPSA) is 134 Å². The molecule has 0 rings (SSSR count). The van der Waals surface area contributed by atoms with Crippen LogP contribution in [0.5, 0.6) is 0 Å². The van der Waals surface area contributed by atoms with Gasteiger partial charge in [-0.1, -0.05) is 335 Å². The lowest BCUT2D eigenvalue weighted by atomic mass is 10.0. The molecule has 10 heteroatoms. The molecule has 0 amide bonds. The smallest absolute Gasteiger partial charge is 0.462 e. The van der Waals surface area contributed by atoms with E-state index in [0.29, 0.717) is 6.42 Å². The predicted molar refractivity (Wildman–Crippen MR) is 367 cm³/mol. The normalized spacial score (nSPS) is 13.6. The van der Waals surface area contributed by atoms with Gasteiger partial charge < -0.3 is 20.1 Å². The van der Waals surface area contributed by atoms with Crippen LogP contribution in [0.2, 0.25) is 0 Å². The van der Waals surface area contributed by atoms with E-state index in [1.807, 2.05) is 0 Å². The summed E-state index contributed by atoms with van der Waals surface area (Å²) in [6, 6.07) is 0. The van der Waals surface area contributed by atoms with Crippen LogP contribution in [-0.2, 0) is 32.7 Å². The molecule has 0 spiro atoms. The third-order valence-corrected chi connectivity index (χ3v) is 16.2. The number of ether oxygens (including phenoxy) is 2. The van der Waals surface area contributed by atoms with Crippen LogP contribution in [0, 0.1) is 0 Å². The van der Waals surface area contributed by atoms with Crippen molar-refractivity contribution < 1.29 is 37.6 Å². The van der Waals surface area contributed by atoms with E-state index in [-0.39, 0.29) is 38.6 Å². The number of allylic oxidation sites excluding steroid dienone is 18. The SMILES string of the molecule is CC/C=C\C/C=C\C/C=C\C/C=C\C/C=C\C/C=C\C/C=C\C/C=C\C/C=C\CCCCCCCCCCCCCC(=O)OC(COC(=O)CCCCCCCCCCCCCCCCCCCCCCCCCCC)COP(=O)(O)OCCN. The Kier molecular flexibility index (Phi) is 67.0. The van der Waals surface area contributed by atoms with E-state index in [4.69, 9.17) is 24.3 Å². The zero-order valence-corrected chi connectivity index (χ0v) is 56.0. The summed E-state index contributed by atoms with van der Waals surface area (Å²) in [7, 11) is -4.40. The van der Waals surface area contributed by atoms with E-state index in [1.54, 1.807) is 0 Å². The molecule has 3 N–H and O–H groups in total. The highest BCUT2D eigenvalue weighted by atomic mass is 31.2. The zero-order valence-electron chi connectivity index (χ0n) is 55.1. The van der Waals surface area contributed by atoms with Gasteiger partial charge in [0, 0.05) is 19.4 Å². The predicted octanol–water partition coefficient (Wildman–Crippen LogP) is 23.3. The van der Waals surface area contributed by atoms with E-state index in [9.17, 15) is 19.0 Å². The Bertz CT molecular complexity index is 1760. The molecule has 0 bridgehead atoms. The van der Waals surface area contributed by atoms with Gasteiger partial charge in [0.25, 0.3) is 0 Å². The lowest BCUT2D eigenvalue weighted by Gasteiger charge is -2.19. The second-order valence-corrected chi connectivity index (χ2v) is 24.8. The van der Waals surface area contributed by atoms with E-state index in [1.165, 1.54) is 186 Å². The molecule has 0 aliphatic carbocycles. The Morgan fingerprint density at radius 3 is 0.965 bits per heavy atom. The summed E-state index contributed by atoms with van der Waals surface area (Å²) >= 11 is 0. The fourth-order valence-corrected chi connectivity index (χ4v) is 10.8. The first-order valence-corrected chi connectivity index (χ1v) is 36.9. The lowest BCUT2D eigenvalue weighted by Crippen LogP contribution is -2.29. The fraction of sp³-hybridized carbons (Fsp3) is 0.733. The molecule has 0 saturated carbocycles. The van der Waals surface area contributed by atoms with Crippen molar-refractivity contribution >= 4 is 19.8 Å². The standard InChI is InChI=1S/C75H132NO8P/c1-3-5-7-9-11-13-15-17-19-21-23-25-27-29-30-31-32-33-34-35-36-37-38-39-40-41-42-44-46-48-50-52-54-56-58-60-62-64-66-68-75(78)84-73(72-83-85(79,80)82-70-69-76)71-81-74(77)67-65-63-61-59-57-55-53-51-49-47-45-43-28-26-24-22-20-18-16-14-12-10-8-6-4-2/h5,7,11,13,17,19,23,25,29-30,32-33,35-36,38-39,41-42,73H,3-4,6,8-10,12,14-16,18,20-22,24,26-28,31,34,37,40,43-72,76H2,1-2H3,(H,79,80)/b7-5-,13-11-,19-17-,25-23-,30-29-,33-32-,36-35-,39-38-,42-41-. The first kappa shape index (κ1) is 81.7. The minimum Gasteiger partial charge on any atom is -0.462 e. The van der Waals surface area contributed by atoms with Crippen LogP contribution in [0.15, 0.2) is 109 Å². The molecule has 9 nitrogen and oxygen atoms in total. The Balaban J connectivity index is 3.90. The molecule has 0 aromatic carbocycles. The Hall–Kier alpha value is -3.33. The number of esters is 2. The molecule has 2 unspecified atom stereocenters. The van der Waals surface area contributed by atoms with Crippen molar-refractivity contribution in [2.45, 2.75) is 328 Å². The van der Waals surface area contributed by atoms with Gasteiger partial charge in [0.05, 0.1) is 13.2 Å². The first-order valence-electron chi connectivity index (χ1n) is 35.4. The van der Waals surface area contributed by atoms with Gasteiger partial charge in [0.1, 0.15) is 6.61 Å². The second kappa shape index (κ2) is 69.8. The van der Waals surface area contributed by atoms with E-state index in [2.05, 4.69) is 123 Å². The van der Waals surface area contributed by atoms with Crippen molar-refractivity contribution in [3.05, 3.63) is 109 Å². The molecule has 0 aliphatic rings. The molecule has 85 heavy (non-hydrogen) atoms. The van der Waals surface area contributed by atoms with E-state index >= 15 is 0 Å². The van der Waals surface area contributed by atoms with Crippen molar-refractivity contribution in [3.63, 3.8) is 0 Å². The largest absolute Gasteiger partial charge is 0.472 e. The van der Waals surface area contributed by atoms with Crippen molar-refractivity contribution in [2.75, 3.05) is 26.4 Å². The van der Waals surface area contributed by atoms with E-state index < -0.39 is 26.5 Å². The van der Waals surface area contributed by atoms with Crippen LogP contribution in [0.25, 0.3) is 0 Å². The Labute approximate surface area is 524 Å². The highest BCUT2D eigenvalue weighted by molar-refractivity contribution is 7.47. The number of nitrogens with two attached hydrogens (primary N) is 1. The number of phosphoric ester groups is 1. The van der Waals surface area contributed by atoms with Crippen molar-refractivity contribution in [3.8, 4) is 0 Å². The van der Waals surface area contributed by atoms with Gasteiger partial charge in [-0.25, -0.2) is 4.57 Å². The lowest BCUT2D eigenvalue weighted by molar-refractivity contribution is -0.161. The zero-order chi connectivity index (χ0) is 61.6. The molecule has 0 heterocycles. The number of hydrogen-bond donors (Lipinski definition) is 2. The summed E-state index contributed by atoms with van der Waals surface area (Å²) in [5, 5.41) is 0. The number of rotatable bonds is 66. The van der Waals surface area contributed by atoms with Gasteiger partial charge in [0.15, 0.2) is 6.10 Å². The third kappa shape index (κ3) is 69.6. The maximum absolute atomic E-state index is 12.8. The van der Waals surface area contributed by atoms with Crippen LogP contribution in [0.1, 0.15) is 322 Å². The molecule has 0 aromatic rings. The summed E-state index contributed by atoms with van der Waals surface area (Å²) < 4.78 is 33.2. The molecular weight excluding hydrogens is 1070 g/mol. The summed E-state index contributed by atoms with van der Waals surface area (Å²) in [5.41, 5.74) is 5.40. The maximum atomic E-state index is 12.8. The number of carbonyl (C=O) groups is 2. The minimum absolute atomic E-state index is 0.0506. The monoisotopic (exact) mass is 1210 g/mol. The molecule has 2 atom stereocenters. The molecule has 0 aliphatic heterocycles. The van der Waals surface area contributed by atoms with Crippen LogP contribution in [0.4, 0.5) is 0 Å². The Morgan fingerprint density at radius 1 is 0.365 bits per heavy atom. The number of unbranched alkanes of at least 4 members (excludes halogenated alkanes) is 35. The van der Waals surface area contributed by atoms with Crippen molar-refractivity contribution in [1.29, 1.82) is 0 Å². The summed E-state index contributed by atoms with van der Waals surface area (Å²) in [5.74, 6) is -0.821. The van der Waals surface area contributed by atoms with Crippen LogP contribution in [-0.4, -0.2) is 49.3 Å². The third-order valence-electron chi connectivity index (χ3n) is 15.2. The minimum atomic E-state index is -4.40. The summed E-state index contributed by atoms with van der Waals surface area (Å²) in [6.45, 7) is 3.67. The van der Waals surface area contributed by atoms with Gasteiger partial charge in [0.2, 0.25) is 0 Å². The molecule has 490 valence electrons. The van der Waals surface area contributed by atoms with Crippen molar-refractivity contribution in [2.24, 2.45) is 5.73 Å². The first-order chi connectivity index (χ1) is 41.8. The average Bonchev–Trinajstić information content (AvgIpc) is 3.53. The number of phosphoric acid groups is 1. The second-order valence-electron chi connectivity index (χ2n) is 23.4. The quantitative estimate of drug-likeness (QED) is 0.0264.